The number of ether oxygens (including phenoxy) is 1. The molecule has 1 rings (SSSR count). The number of nitrogens with two attached hydrogens (primary N) is 1. The van der Waals surface area contributed by atoms with E-state index >= 15 is 0 Å². The molecule has 1 aromatic rings. The quantitative estimate of drug-likeness (QED) is 0.870. The molecule has 0 amide bonds. The Kier molecular flexibility index (Phi) is 3.92. The fourth-order valence-corrected chi connectivity index (χ4v) is 1.94. The number of hydrogen-bond donors (Lipinski definition) is 2. The molecule has 0 spiro atoms. The summed E-state index contributed by atoms with van der Waals surface area (Å²) >= 11 is 3.38. The molecule has 1 atom stereocenters. The smallest absolute Gasteiger partial charge is 0.138 e. The molecule has 0 radical (unpaired) electrons. The van der Waals surface area contributed by atoms with E-state index in [-0.39, 0.29) is 6.61 Å². The SMILES string of the molecule is COc1c(Br)ccc(C)c1C(N)CO. The number of benzene rings is 1. The molecule has 78 valence electrons. The fraction of sp³-hybridized carbons (Fsp3) is 0.400. The predicted molar refractivity (Wildman–Crippen MR) is 59.4 cm³/mol. The molecule has 3 N–H and O–H groups in total. The maximum absolute atomic E-state index is 9.03. The highest BCUT2D eigenvalue weighted by molar-refractivity contribution is 9.10. The van der Waals surface area contributed by atoms with Crippen molar-refractivity contribution in [2.75, 3.05) is 13.7 Å². The summed E-state index contributed by atoms with van der Waals surface area (Å²) in [6.07, 6.45) is 0. The summed E-state index contributed by atoms with van der Waals surface area (Å²) in [5.41, 5.74) is 7.66. The molecule has 1 aromatic carbocycles. The minimum atomic E-state index is -0.401. The summed E-state index contributed by atoms with van der Waals surface area (Å²) in [7, 11) is 1.59. The van der Waals surface area contributed by atoms with Gasteiger partial charge in [0.15, 0.2) is 0 Å². The molecule has 0 aliphatic rings. The van der Waals surface area contributed by atoms with Crippen LogP contribution in [0.5, 0.6) is 5.75 Å². The lowest BCUT2D eigenvalue weighted by Crippen LogP contribution is -2.17. The molecule has 0 aliphatic heterocycles. The Morgan fingerprint density at radius 2 is 2.21 bits per heavy atom. The van der Waals surface area contributed by atoms with E-state index in [0.717, 1.165) is 15.6 Å². The molecule has 3 nitrogen and oxygen atoms in total. The van der Waals surface area contributed by atoms with Crippen LogP contribution in [-0.4, -0.2) is 18.8 Å². The van der Waals surface area contributed by atoms with Gasteiger partial charge in [0, 0.05) is 5.56 Å². The molecule has 0 saturated heterocycles. The maximum atomic E-state index is 9.03. The first-order valence-corrected chi connectivity index (χ1v) is 5.10. The Morgan fingerprint density at radius 3 is 2.71 bits per heavy atom. The standard InChI is InChI=1S/C10H14BrNO2/c1-6-3-4-7(11)10(14-2)9(6)8(12)5-13/h3-4,8,13H,5,12H2,1-2H3. The van der Waals surface area contributed by atoms with Crippen LogP contribution in [0.1, 0.15) is 17.2 Å². The van der Waals surface area contributed by atoms with Crippen molar-refractivity contribution in [3.8, 4) is 5.75 Å². The highest BCUT2D eigenvalue weighted by Crippen LogP contribution is 2.34. The molecule has 0 saturated carbocycles. The number of rotatable bonds is 3. The second-order valence-corrected chi connectivity index (χ2v) is 3.95. The summed E-state index contributed by atoms with van der Waals surface area (Å²) < 4.78 is 6.09. The molecule has 0 aliphatic carbocycles. The van der Waals surface area contributed by atoms with Crippen molar-refractivity contribution in [3.05, 3.63) is 27.7 Å². The van der Waals surface area contributed by atoms with E-state index in [1.54, 1.807) is 7.11 Å². The second-order valence-electron chi connectivity index (χ2n) is 3.10. The molecular formula is C10H14BrNO2. The Labute approximate surface area is 92.0 Å². The number of hydrogen-bond acceptors (Lipinski definition) is 3. The van der Waals surface area contributed by atoms with Crippen molar-refractivity contribution < 1.29 is 9.84 Å². The normalized spacial score (nSPS) is 12.6. The minimum Gasteiger partial charge on any atom is -0.495 e. The molecule has 4 heteroatoms. The van der Waals surface area contributed by atoms with E-state index in [4.69, 9.17) is 15.6 Å². The third kappa shape index (κ3) is 2.08. The van der Waals surface area contributed by atoms with Crippen molar-refractivity contribution >= 4 is 15.9 Å². The number of aliphatic hydroxyl groups is 1. The monoisotopic (exact) mass is 259 g/mol. The largest absolute Gasteiger partial charge is 0.495 e. The molecule has 0 aromatic heterocycles. The first kappa shape index (κ1) is 11.5. The Hall–Kier alpha value is -0.580. The van der Waals surface area contributed by atoms with Gasteiger partial charge in [-0.2, -0.15) is 0 Å². The van der Waals surface area contributed by atoms with Crippen LogP contribution in [0.4, 0.5) is 0 Å². The molecule has 0 fully saturated rings. The van der Waals surface area contributed by atoms with E-state index in [9.17, 15) is 0 Å². The van der Waals surface area contributed by atoms with Crippen LogP contribution in [0.2, 0.25) is 0 Å². The van der Waals surface area contributed by atoms with Crippen molar-refractivity contribution in [1.82, 2.24) is 0 Å². The number of aliphatic hydroxyl groups excluding tert-OH is 1. The molecule has 0 bridgehead atoms. The maximum Gasteiger partial charge on any atom is 0.138 e. The van der Waals surface area contributed by atoms with Gasteiger partial charge in [-0.25, -0.2) is 0 Å². The van der Waals surface area contributed by atoms with Crippen LogP contribution in [-0.2, 0) is 0 Å². The third-order valence-corrected chi connectivity index (χ3v) is 2.76. The Bertz CT molecular complexity index is 328. The van der Waals surface area contributed by atoms with Crippen molar-refractivity contribution in [3.63, 3.8) is 0 Å². The van der Waals surface area contributed by atoms with Crippen molar-refractivity contribution in [2.24, 2.45) is 5.73 Å². The van der Waals surface area contributed by atoms with Gasteiger partial charge in [-0.05, 0) is 34.5 Å². The minimum absolute atomic E-state index is 0.0896. The van der Waals surface area contributed by atoms with Gasteiger partial charge in [0.2, 0.25) is 0 Å². The van der Waals surface area contributed by atoms with Gasteiger partial charge in [-0.15, -0.1) is 0 Å². The molecule has 0 heterocycles. The highest BCUT2D eigenvalue weighted by Gasteiger charge is 2.16. The Balaban J connectivity index is 3.29. The topological polar surface area (TPSA) is 55.5 Å². The highest BCUT2D eigenvalue weighted by atomic mass is 79.9. The van der Waals surface area contributed by atoms with Crippen LogP contribution >= 0.6 is 15.9 Å². The third-order valence-electron chi connectivity index (χ3n) is 2.14. The van der Waals surface area contributed by atoms with Gasteiger partial charge in [0.25, 0.3) is 0 Å². The van der Waals surface area contributed by atoms with E-state index in [1.807, 2.05) is 19.1 Å². The van der Waals surface area contributed by atoms with Crippen LogP contribution in [0.3, 0.4) is 0 Å². The van der Waals surface area contributed by atoms with E-state index in [0.29, 0.717) is 5.75 Å². The Morgan fingerprint density at radius 1 is 1.57 bits per heavy atom. The van der Waals surface area contributed by atoms with Crippen molar-refractivity contribution in [2.45, 2.75) is 13.0 Å². The summed E-state index contributed by atoms with van der Waals surface area (Å²) in [4.78, 5) is 0. The van der Waals surface area contributed by atoms with Gasteiger partial charge in [0.05, 0.1) is 24.2 Å². The summed E-state index contributed by atoms with van der Waals surface area (Å²) in [5, 5.41) is 9.03. The average molecular weight is 260 g/mol. The van der Waals surface area contributed by atoms with Crippen LogP contribution in [0.25, 0.3) is 0 Å². The number of methoxy groups -OCH3 is 1. The second kappa shape index (κ2) is 4.77. The first-order valence-electron chi connectivity index (χ1n) is 4.31. The molecule has 14 heavy (non-hydrogen) atoms. The predicted octanol–water partition coefficient (Wildman–Crippen LogP) is 1.76. The van der Waals surface area contributed by atoms with Gasteiger partial charge < -0.3 is 15.6 Å². The van der Waals surface area contributed by atoms with E-state index < -0.39 is 6.04 Å². The van der Waals surface area contributed by atoms with Crippen LogP contribution in [0.15, 0.2) is 16.6 Å². The molecule has 1 unspecified atom stereocenters. The van der Waals surface area contributed by atoms with Gasteiger partial charge in [-0.3, -0.25) is 0 Å². The van der Waals surface area contributed by atoms with Gasteiger partial charge in [-0.1, -0.05) is 6.07 Å². The zero-order chi connectivity index (χ0) is 10.7. The van der Waals surface area contributed by atoms with Gasteiger partial charge in [0.1, 0.15) is 5.75 Å². The molecular weight excluding hydrogens is 246 g/mol. The lowest BCUT2D eigenvalue weighted by molar-refractivity contribution is 0.264. The fourth-order valence-electron chi connectivity index (χ4n) is 1.43. The summed E-state index contributed by atoms with van der Waals surface area (Å²) in [6, 6.07) is 3.45. The summed E-state index contributed by atoms with van der Waals surface area (Å²) in [5.74, 6) is 0.701. The van der Waals surface area contributed by atoms with E-state index in [2.05, 4.69) is 15.9 Å². The first-order chi connectivity index (χ1) is 6.61. The zero-order valence-corrected chi connectivity index (χ0v) is 9.84. The summed E-state index contributed by atoms with van der Waals surface area (Å²) in [6.45, 7) is 1.85. The van der Waals surface area contributed by atoms with Crippen molar-refractivity contribution in [1.29, 1.82) is 0 Å². The number of halogens is 1. The van der Waals surface area contributed by atoms with E-state index in [1.165, 1.54) is 0 Å². The average Bonchev–Trinajstić information content (AvgIpc) is 2.19. The number of aryl methyl sites for hydroxylation is 1. The zero-order valence-electron chi connectivity index (χ0n) is 8.25. The lowest BCUT2D eigenvalue weighted by atomic mass is 10.0. The van der Waals surface area contributed by atoms with Crippen LogP contribution in [0, 0.1) is 6.92 Å². The lowest BCUT2D eigenvalue weighted by Gasteiger charge is -2.17. The van der Waals surface area contributed by atoms with Gasteiger partial charge >= 0.3 is 0 Å². The van der Waals surface area contributed by atoms with Crippen LogP contribution < -0.4 is 10.5 Å².